The summed E-state index contributed by atoms with van der Waals surface area (Å²) in [6.07, 6.45) is -2.67. The zero-order chi connectivity index (χ0) is 21.1. The number of aromatic amines is 1. The fraction of sp³-hybridized carbons (Fsp3) is 0.364. The predicted octanol–water partition coefficient (Wildman–Crippen LogP) is 3.18. The average molecular weight is 413 g/mol. The van der Waals surface area contributed by atoms with E-state index in [1.54, 1.807) is 18.2 Å². The molecule has 2 heterocycles. The Kier molecular flexibility index (Phi) is 6.06. The Morgan fingerprint density at radius 3 is 2.50 bits per heavy atom. The standard InChI is InChI=1S/C22H25F2N5O/c1-28-8-10-29(11-9-28)14-16-4-2-15(3-5-16)13-25-22(30)17-6-7-18-19(12-17)27-21(26-18)20(23)24/h2-7,12,20H,8-11,13-14H2,1H3,(H,25,30)(H,26,27). The zero-order valence-electron chi connectivity index (χ0n) is 16.9. The van der Waals surface area contributed by atoms with E-state index >= 15 is 0 Å². The van der Waals surface area contributed by atoms with E-state index in [9.17, 15) is 13.6 Å². The highest BCUT2D eigenvalue weighted by Gasteiger charge is 2.15. The molecule has 6 nitrogen and oxygen atoms in total. The van der Waals surface area contributed by atoms with Crippen molar-refractivity contribution in [2.75, 3.05) is 33.2 Å². The molecule has 2 N–H and O–H groups in total. The molecule has 1 saturated heterocycles. The largest absolute Gasteiger partial charge is 0.348 e. The number of carbonyl (C=O) groups is 1. The molecule has 0 unspecified atom stereocenters. The molecule has 1 aromatic heterocycles. The first kappa shape index (κ1) is 20.4. The van der Waals surface area contributed by atoms with Gasteiger partial charge in [-0.1, -0.05) is 24.3 Å². The van der Waals surface area contributed by atoms with E-state index in [-0.39, 0.29) is 11.7 Å². The van der Waals surface area contributed by atoms with E-state index in [0.29, 0.717) is 23.1 Å². The number of nitrogens with zero attached hydrogens (tertiary/aromatic N) is 3. The van der Waals surface area contributed by atoms with Gasteiger partial charge in [0, 0.05) is 44.8 Å². The fourth-order valence-electron chi connectivity index (χ4n) is 3.59. The van der Waals surface area contributed by atoms with E-state index in [1.165, 1.54) is 5.56 Å². The average Bonchev–Trinajstić information content (AvgIpc) is 3.18. The van der Waals surface area contributed by atoms with E-state index < -0.39 is 6.43 Å². The van der Waals surface area contributed by atoms with E-state index in [4.69, 9.17) is 0 Å². The summed E-state index contributed by atoms with van der Waals surface area (Å²) in [5, 5.41) is 2.88. The zero-order valence-corrected chi connectivity index (χ0v) is 16.9. The van der Waals surface area contributed by atoms with Crippen LogP contribution in [0, 0.1) is 0 Å². The van der Waals surface area contributed by atoms with Crippen molar-refractivity contribution in [3.63, 3.8) is 0 Å². The number of rotatable bonds is 6. The molecule has 0 bridgehead atoms. The van der Waals surface area contributed by atoms with Gasteiger partial charge in [-0.3, -0.25) is 9.69 Å². The minimum absolute atomic E-state index is 0.258. The number of imidazole rings is 1. The van der Waals surface area contributed by atoms with Crippen LogP contribution in [0.15, 0.2) is 42.5 Å². The molecule has 4 rings (SSSR count). The smallest absolute Gasteiger partial charge is 0.295 e. The normalized spacial score (nSPS) is 15.7. The van der Waals surface area contributed by atoms with Gasteiger partial charge >= 0.3 is 0 Å². The van der Waals surface area contributed by atoms with Crippen molar-refractivity contribution in [2.24, 2.45) is 0 Å². The van der Waals surface area contributed by atoms with Gasteiger partial charge in [0.2, 0.25) is 0 Å². The summed E-state index contributed by atoms with van der Waals surface area (Å²) >= 11 is 0. The lowest BCUT2D eigenvalue weighted by Gasteiger charge is -2.32. The third kappa shape index (κ3) is 4.83. The molecule has 2 aromatic carbocycles. The number of H-pyrrole nitrogens is 1. The van der Waals surface area contributed by atoms with Crippen molar-refractivity contribution >= 4 is 16.9 Å². The molecule has 30 heavy (non-hydrogen) atoms. The van der Waals surface area contributed by atoms with Crippen LogP contribution in [0.3, 0.4) is 0 Å². The molecule has 0 saturated carbocycles. The van der Waals surface area contributed by atoms with Crippen LogP contribution in [0.25, 0.3) is 11.0 Å². The molecule has 8 heteroatoms. The molecule has 3 aromatic rings. The number of amides is 1. The second-order valence-corrected chi connectivity index (χ2v) is 7.73. The highest BCUT2D eigenvalue weighted by Crippen LogP contribution is 2.20. The molecule has 1 aliphatic heterocycles. The Morgan fingerprint density at radius 1 is 1.10 bits per heavy atom. The quantitative estimate of drug-likeness (QED) is 0.652. The van der Waals surface area contributed by atoms with Gasteiger partial charge in [0.15, 0.2) is 5.82 Å². The molecule has 0 spiro atoms. The second kappa shape index (κ2) is 8.89. The number of carbonyl (C=O) groups excluding carboxylic acids is 1. The lowest BCUT2D eigenvalue weighted by Crippen LogP contribution is -2.43. The van der Waals surface area contributed by atoms with E-state index in [1.807, 2.05) is 12.1 Å². The first-order valence-electron chi connectivity index (χ1n) is 10.0. The van der Waals surface area contributed by atoms with Gasteiger partial charge in [0.1, 0.15) is 0 Å². The van der Waals surface area contributed by atoms with Gasteiger partial charge < -0.3 is 15.2 Å². The number of likely N-dealkylation sites (N-methyl/N-ethyl adjacent to an activating group) is 1. The summed E-state index contributed by atoms with van der Waals surface area (Å²) < 4.78 is 25.5. The maximum atomic E-state index is 12.8. The SMILES string of the molecule is CN1CCN(Cc2ccc(CNC(=O)c3ccc4nc(C(F)F)[nH]c4c3)cc2)CC1. The number of hydrogen-bond donors (Lipinski definition) is 2. The fourth-order valence-corrected chi connectivity index (χ4v) is 3.59. The third-order valence-electron chi connectivity index (χ3n) is 5.45. The number of alkyl halides is 2. The minimum Gasteiger partial charge on any atom is -0.348 e. The summed E-state index contributed by atoms with van der Waals surface area (Å²) in [6, 6.07) is 13.0. The Labute approximate surface area is 173 Å². The molecule has 1 amide bonds. The van der Waals surface area contributed by atoms with Gasteiger partial charge in [0.05, 0.1) is 11.0 Å². The molecular formula is C22H25F2N5O. The summed E-state index contributed by atoms with van der Waals surface area (Å²) in [5.74, 6) is -0.647. The Bertz CT molecular complexity index is 1010. The monoisotopic (exact) mass is 413 g/mol. The second-order valence-electron chi connectivity index (χ2n) is 7.73. The number of fused-ring (bicyclic) bond motifs is 1. The van der Waals surface area contributed by atoms with Crippen LogP contribution in [0.4, 0.5) is 8.78 Å². The van der Waals surface area contributed by atoms with Crippen molar-refractivity contribution in [3.8, 4) is 0 Å². The Morgan fingerprint density at radius 2 is 1.80 bits per heavy atom. The number of halogens is 2. The first-order chi connectivity index (χ1) is 14.5. The number of benzene rings is 2. The van der Waals surface area contributed by atoms with Crippen LogP contribution in [-0.2, 0) is 13.1 Å². The summed E-state index contributed by atoms with van der Waals surface area (Å²) in [5.41, 5.74) is 3.50. The maximum absolute atomic E-state index is 12.8. The highest BCUT2D eigenvalue weighted by molar-refractivity contribution is 5.97. The topological polar surface area (TPSA) is 64.3 Å². The minimum atomic E-state index is -2.67. The first-order valence-corrected chi connectivity index (χ1v) is 10.0. The Hall–Kier alpha value is -2.84. The maximum Gasteiger partial charge on any atom is 0.295 e. The molecule has 0 atom stereocenters. The number of hydrogen-bond acceptors (Lipinski definition) is 4. The molecular weight excluding hydrogens is 388 g/mol. The number of nitrogens with one attached hydrogen (secondary N) is 2. The van der Waals surface area contributed by atoms with Crippen LogP contribution < -0.4 is 5.32 Å². The van der Waals surface area contributed by atoms with E-state index in [2.05, 4.69) is 44.3 Å². The van der Waals surface area contributed by atoms with Crippen molar-refractivity contribution in [1.29, 1.82) is 0 Å². The Balaban J connectivity index is 1.32. The van der Waals surface area contributed by atoms with Crippen LogP contribution >= 0.6 is 0 Å². The van der Waals surface area contributed by atoms with Crippen LogP contribution in [0.2, 0.25) is 0 Å². The summed E-state index contributed by atoms with van der Waals surface area (Å²) in [4.78, 5) is 23.6. The van der Waals surface area contributed by atoms with Crippen molar-refractivity contribution in [1.82, 2.24) is 25.1 Å². The number of piperazine rings is 1. The molecule has 0 aliphatic carbocycles. The molecule has 158 valence electrons. The van der Waals surface area contributed by atoms with Gasteiger partial charge in [-0.05, 0) is 36.4 Å². The molecule has 1 fully saturated rings. The lowest BCUT2D eigenvalue weighted by atomic mass is 10.1. The summed E-state index contributed by atoms with van der Waals surface area (Å²) in [6.45, 7) is 5.68. The van der Waals surface area contributed by atoms with Crippen LogP contribution in [0.1, 0.15) is 33.7 Å². The van der Waals surface area contributed by atoms with Crippen LogP contribution in [-0.4, -0.2) is 58.9 Å². The third-order valence-corrected chi connectivity index (χ3v) is 5.45. The van der Waals surface area contributed by atoms with E-state index in [0.717, 1.165) is 38.3 Å². The number of aromatic nitrogens is 2. The molecule has 1 aliphatic rings. The van der Waals surface area contributed by atoms with Gasteiger partial charge in [-0.15, -0.1) is 0 Å². The lowest BCUT2D eigenvalue weighted by molar-refractivity contribution is 0.0951. The van der Waals surface area contributed by atoms with Crippen LogP contribution in [0.5, 0.6) is 0 Å². The van der Waals surface area contributed by atoms with Crippen molar-refractivity contribution in [3.05, 3.63) is 65.0 Å². The van der Waals surface area contributed by atoms with Crippen molar-refractivity contribution in [2.45, 2.75) is 19.5 Å². The van der Waals surface area contributed by atoms with Gasteiger partial charge in [0.25, 0.3) is 12.3 Å². The van der Waals surface area contributed by atoms with Crippen molar-refractivity contribution < 1.29 is 13.6 Å². The predicted molar refractivity (Wildman–Crippen MR) is 111 cm³/mol. The molecule has 0 radical (unpaired) electrons. The highest BCUT2D eigenvalue weighted by atomic mass is 19.3. The summed E-state index contributed by atoms with van der Waals surface area (Å²) in [7, 11) is 2.15. The van der Waals surface area contributed by atoms with Gasteiger partial charge in [-0.25, -0.2) is 13.8 Å². The van der Waals surface area contributed by atoms with Gasteiger partial charge in [-0.2, -0.15) is 0 Å².